The van der Waals surface area contributed by atoms with E-state index < -0.39 is 0 Å². The van der Waals surface area contributed by atoms with Gasteiger partial charge in [0.05, 0.1) is 29.1 Å². The summed E-state index contributed by atoms with van der Waals surface area (Å²) in [6.07, 6.45) is 5.11. The highest BCUT2D eigenvalue weighted by Crippen LogP contribution is 2.40. The Hall–Kier alpha value is -6.90. The van der Waals surface area contributed by atoms with Crippen molar-refractivity contribution in [1.82, 2.24) is 30.4 Å². The lowest BCUT2D eigenvalue weighted by molar-refractivity contribution is 1.08. The first kappa shape index (κ1) is 30.0. The van der Waals surface area contributed by atoms with Gasteiger partial charge in [0.15, 0.2) is 0 Å². The van der Waals surface area contributed by atoms with Crippen LogP contribution in [0.4, 0.5) is 17.1 Å². The standard InChI is InChI=1S/C44H27N7S/c1-2-4-41-38(3-1)42-43(45-27-46-44(42)52-41)32-13-19-37(20-14-32)51(35-15-9-28(10-16-35)33-7-5-30-21-23-47-49-39(30)25-33)36-17-11-29(12-18-36)34-8-6-31-22-24-48-50-40(31)26-34/h1-27H. The summed E-state index contributed by atoms with van der Waals surface area (Å²) >= 11 is 1.70. The summed E-state index contributed by atoms with van der Waals surface area (Å²) in [5.74, 6) is 0. The number of aromatic nitrogens is 6. The Kier molecular flexibility index (Phi) is 7.18. The highest BCUT2D eigenvalue weighted by atomic mass is 32.1. The molecule has 8 heteroatoms. The number of fused-ring (bicyclic) bond motifs is 5. The van der Waals surface area contributed by atoms with Crippen molar-refractivity contribution < 1.29 is 0 Å². The second-order valence-corrected chi connectivity index (χ2v) is 13.6. The Morgan fingerprint density at radius 2 is 0.981 bits per heavy atom. The number of thiophene rings is 1. The molecule has 0 saturated heterocycles. The van der Waals surface area contributed by atoms with Crippen LogP contribution in [0.5, 0.6) is 0 Å². The molecule has 6 aromatic carbocycles. The molecule has 244 valence electrons. The fourth-order valence-corrected chi connectivity index (χ4v) is 7.96. The molecule has 0 aliphatic carbocycles. The molecule has 0 spiro atoms. The number of nitrogens with zero attached hydrogens (tertiary/aromatic N) is 7. The van der Waals surface area contributed by atoms with Crippen LogP contribution in [0.1, 0.15) is 0 Å². The molecule has 10 rings (SSSR count). The summed E-state index contributed by atoms with van der Waals surface area (Å²) in [5, 5.41) is 21.2. The molecule has 0 atom stereocenters. The van der Waals surface area contributed by atoms with E-state index in [9.17, 15) is 0 Å². The zero-order valence-corrected chi connectivity index (χ0v) is 28.4. The van der Waals surface area contributed by atoms with Crippen LogP contribution in [0.3, 0.4) is 0 Å². The molecule has 0 saturated carbocycles. The molecule has 4 heterocycles. The van der Waals surface area contributed by atoms with Crippen LogP contribution >= 0.6 is 11.3 Å². The quantitative estimate of drug-likeness (QED) is 0.172. The summed E-state index contributed by atoms with van der Waals surface area (Å²) < 4.78 is 1.21. The van der Waals surface area contributed by atoms with E-state index in [2.05, 4.69) is 164 Å². The van der Waals surface area contributed by atoms with Crippen molar-refractivity contribution >= 4 is 70.5 Å². The van der Waals surface area contributed by atoms with Gasteiger partial charge in [-0.15, -0.1) is 11.3 Å². The van der Waals surface area contributed by atoms with E-state index in [0.29, 0.717) is 0 Å². The molecule has 52 heavy (non-hydrogen) atoms. The number of rotatable bonds is 6. The van der Waals surface area contributed by atoms with Gasteiger partial charge in [-0.25, -0.2) is 9.97 Å². The minimum Gasteiger partial charge on any atom is -0.311 e. The van der Waals surface area contributed by atoms with Gasteiger partial charge in [0, 0.05) is 48.9 Å². The van der Waals surface area contributed by atoms with Crippen molar-refractivity contribution in [2.45, 2.75) is 0 Å². The second kappa shape index (κ2) is 12.5. The van der Waals surface area contributed by atoms with Gasteiger partial charge in [0.2, 0.25) is 0 Å². The van der Waals surface area contributed by atoms with Crippen molar-refractivity contribution in [2.75, 3.05) is 4.90 Å². The number of hydrogen-bond acceptors (Lipinski definition) is 8. The van der Waals surface area contributed by atoms with E-state index in [-0.39, 0.29) is 0 Å². The maximum atomic E-state index is 4.77. The van der Waals surface area contributed by atoms with Crippen LogP contribution in [-0.4, -0.2) is 30.4 Å². The lowest BCUT2D eigenvalue weighted by Crippen LogP contribution is -2.09. The van der Waals surface area contributed by atoms with Crippen LogP contribution in [0.25, 0.3) is 75.6 Å². The number of benzene rings is 6. The highest BCUT2D eigenvalue weighted by Gasteiger charge is 2.17. The van der Waals surface area contributed by atoms with Gasteiger partial charge in [-0.2, -0.15) is 20.4 Å². The van der Waals surface area contributed by atoms with Crippen LogP contribution in [-0.2, 0) is 0 Å². The van der Waals surface area contributed by atoms with Crippen molar-refractivity contribution in [1.29, 1.82) is 0 Å². The lowest BCUT2D eigenvalue weighted by Gasteiger charge is -2.26. The summed E-state index contributed by atoms with van der Waals surface area (Å²) in [6.45, 7) is 0. The van der Waals surface area contributed by atoms with Crippen molar-refractivity contribution in [3.05, 3.63) is 164 Å². The van der Waals surface area contributed by atoms with E-state index in [0.717, 1.165) is 82.6 Å². The predicted molar refractivity (Wildman–Crippen MR) is 212 cm³/mol. The normalized spacial score (nSPS) is 11.5. The maximum absolute atomic E-state index is 4.77. The minimum absolute atomic E-state index is 0.876. The number of hydrogen-bond donors (Lipinski definition) is 0. The Bertz CT molecular complexity index is 2780. The van der Waals surface area contributed by atoms with Gasteiger partial charge in [0.25, 0.3) is 0 Å². The van der Waals surface area contributed by atoms with Crippen LogP contribution < -0.4 is 4.90 Å². The number of anilines is 3. The molecule has 10 aromatic rings. The minimum atomic E-state index is 0.876. The smallest absolute Gasteiger partial charge is 0.128 e. The molecule has 0 fully saturated rings. The lowest BCUT2D eigenvalue weighted by atomic mass is 10.0. The van der Waals surface area contributed by atoms with Gasteiger partial charge in [-0.3, -0.25) is 0 Å². The van der Waals surface area contributed by atoms with Gasteiger partial charge in [-0.05, 0) is 89.0 Å². The monoisotopic (exact) mass is 685 g/mol. The van der Waals surface area contributed by atoms with Crippen molar-refractivity contribution in [2.24, 2.45) is 0 Å². The topological polar surface area (TPSA) is 80.6 Å². The average molecular weight is 686 g/mol. The zero-order chi connectivity index (χ0) is 34.4. The largest absolute Gasteiger partial charge is 0.311 e. The maximum Gasteiger partial charge on any atom is 0.128 e. The van der Waals surface area contributed by atoms with Gasteiger partial charge < -0.3 is 4.90 Å². The Balaban J connectivity index is 1.04. The van der Waals surface area contributed by atoms with Crippen molar-refractivity contribution in [3.8, 4) is 33.5 Å². The summed E-state index contributed by atoms with van der Waals surface area (Å²) in [5.41, 5.74) is 11.3. The molecular weight excluding hydrogens is 659 g/mol. The fourth-order valence-electron chi connectivity index (χ4n) is 6.92. The molecule has 0 bridgehead atoms. The van der Waals surface area contributed by atoms with E-state index in [1.807, 2.05) is 12.1 Å². The summed E-state index contributed by atoms with van der Waals surface area (Å²) in [6, 6.07) is 51.0. The zero-order valence-electron chi connectivity index (χ0n) is 27.6. The van der Waals surface area contributed by atoms with Crippen LogP contribution in [0.15, 0.2) is 164 Å². The van der Waals surface area contributed by atoms with Crippen molar-refractivity contribution in [3.63, 3.8) is 0 Å². The molecule has 0 aliphatic rings. The molecule has 7 nitrogen and oxygen atoms in total. The highest BCUT2D eigenvalue weighted by molar-refractivity contribution is 7.25. The first-order chi connectivity index (χ1) is 25.7. The van der Waals surface area contributed by atoms with E-state index in [1.54, 1.807) is 30.1 Å². The summed E-state index contributed by atoms with van der Waals surface area (Å²) in [7, 11) is 0. The molecule has 4 aromatic heterocycles. The van der Waals surface area contributed by atoms with Gasteiger partial charge in [-0.1, -0.05) is 78.9 Å². The fraction of sp³-hybridized carbons (Fsp3) is 0. The molecule has 0 unspecified atom stereocenters. The first-order valence-electron chi connectivity index (χ1n) is 16.9. The Morgan fingerprint density at radius 1 is 0.462 bits per heavy atom. The van der Waals surface area contributed by atoms with Gasteiger partial charge in [0.1, 0.15) is 11.2 Å². The molecular formula is C44H27N7S. The first-order valence-corrected chi connectivity index (χ1v) is 17.7. The van der Waals surface area contributed by atoms with Gasteiger partial charge >= 0.3 is 0 Å². The third-order valence-electron chi connectivity index (χ3n) is 9.53. The molecule has 0 aliphatic heterocycles. The molecule has 0 amide bonds. The third kappa shape index (κ3) is 5.30. The second-order valence-electron chi connectivity index (χ2n) is 12.6. The Labute approximate surface area is 302 Å². The molecule has 0 radical (unpaired) electrons. The van der Waals surface area contributed by atoms with Crippen LogP contribution in [0, 0.1) is 0 Å². The van der Waals surface area contributed by atoms with E-state index in [1.165, 1.54) is 10.1 Å². The van der Waals surface area contributed by atoms with Crippen LogP contribution in [0.2, 0.25) is 0 Å². The molecule has 0 N–H and O–H groups in total. The van der Waals surface area contributed by atoms with E-state index in [4.69, 9.17) is 4.98 Å². The van der Waals surface area contributed by atoms with E-state index >= 15 is 0 Å². The third-order valence-corrected chi connectivity index (χ3v) is 10.6. The Morgan fingerprint density at radius 3 is 1.56 bits per heavy atom. The predicted octanol–water partition coefficient (Wildman–Crippen LogP) is 11.2. The average Bonchev–Trinajstić information content (AvgIpc) is 3.61. The summed E-state index contributed by atoms with van der Waals surface area (Å²) in [4.78, 5) is 12.7. The SMILES string of the molecule is c1ccc2c(c1)sc1ncnc(-c3ccc(N(c4ccc(-c5ccc6ccnnc6c5)cc4)c4ccc(-c5ccc6ccnnc6c5)cc4)cc3)c12.